The molecular weight excluding hydrogens is 418 g/mol. The fraction of sp³-hybridized carbons (Fsp3) is 0.273. The minimum Gasteiger partial charge on any atom is -0.482 e. The van der Waals surface area contributed by atoms with Crippen LogP contribution in [0.25, 0.3) is 11.0 Å². The Morgan fingerprint density at radius 2 is 2.00 bits per heavy atom. The molecule has 0 fully saturated rings. The summed E-state index contributed by atoms with van der Waals surface area (Å²) in [6.45, 7) is 4.72. The number of esters is 1. The molecule has 1 aromatic heterocycles. The van der Waals surface area contributed by atoms with Gasteiger partial charge < -0.3 is 19.4 Å². The number of thioether (sulfide) groups is 1. The maximum atomic E-state index is 12.7. The number of hydrogen-bond donors (Lipinski definition) is 1. The van der Waals surface area contributed by atoms with E-state index in [2.05, 4.69) is 10.3 Å². The van der Waals surface area contributed by atoms with E-state index in [1.54, 1.807) is 37.3 Å². The van der Waals surface area contributed by atoms with E-state index in [0.717, 1.165) is 5.52 Å². The Morgan fingerprint density at radius 3 is 2.77 bits per heavy atom. The van der Waals surface area contributed by atoms with E-state index < -0.39 is 0 Å². The average molecular weight is 439 g/mol. The van der Waals surface area contributed by atoms with Gasteiger partial charge in [-0.25, -0.2) is 9.78 Å². The number of nitrogens with zero attached hydrogens (tertiary/aromatic N) is 2. The Balaban J connectivity index is 1.53. The first-order chi connectivity index (χ1) is 15.0. The van der Waals surface area contributed by atoms with Gasteiger partial charge in [0.25, 0.3) is 5.91 Å². The maximum absolute atomic E-state index is 12.7. The third-order valence-corrected chi connectivity index (χ3v) is 5.78. The summed E-state index contributed by atoms with van der Waals surface area (Å²) in [6, 6.07) is 10.3. The molecule has 2 aromatic carbocycles. The lowest BCUT2D eigenvalue weighted by atomic mass is 10.1. The summed E-state index contributed by atoms with van der Waals surface area (Å²) in [5.41, 5.74) is 3.00. The second-order valence-electron chi connectivity index (χ2n) is 6.82. The summed E-state index contributed by atoms with van der Waals surface area (Å²) in [5, 5.41) is 3.41. The van der Waals surface area contributed by atoms with E-state index in [-0.39, 0.29) is 30.0 Å². The number of aromatic nitrogens is 2. The van der Waals surface area contributed by atoms with Gasteiger partial charge in [0.15, 0.2) is 17.5 Å². The lowest BCUT2D eigenvalue weighted by molar-refractivity contribution is -0.118. The van der Waals surface area contributed by atoms with Crippen molar-refractivity contribution in [2.75, 3.05) is 24.3 Å². The van der Waals surface area contributed by atoms with Crippen LogP contribution in [0.2, 0.25) is 0 Å². The summed E-state index contributed by atoms with van der Waals surface area (Å²) >= 11 is 1.33. The number of carbonyl (C=O) groups is 3. The summed E-state index contributed by atoms with van der Waals surface area (Å²) < 4.78 is 12.4. The second kappa shape index (κ2) is 8.81. The fourth-order valence-corrected chi connectivity index (χ4v) is 4.31. The van der Waals surface area contributed by atoms with Crippen molar-refractivity contribution < 1.29 is 23.9 Å². The minimum atomic E-state index is -0.386. The molecular formula is C22H21N3O5S. The lowest BCUT2D eigenvalue weighted by Crippen LogP contribution is -2.25. The molecule has 3 aromatic rings. The number of benzene rings is 2. The summed E-state index contributed by atoms with van der Waals surface area (Å²) in [5.74, 6) is 0.0129. The number of amides is 1. The first kappa shape index (κ1) is 20.9. The minimum absolute atomic E-state index is 0.0265. The molecule has 0 aliphatic carbocycles. The Labute approximate surface area is 182 Å². The molecule has 0 saturated heterocycles. The van der Waals surface area contributed by atoms with E-state index in [1.807, 2.05) is 17.6 Å². The van der Waals surface area contributed by atoms with Crippen LogP contribution in [0.1, 0.15) is 34.6 Å². The summed E-state index contributed by atoms with van der Waals surface area (Å²) in [4.78, 5) is 40.9. The molecule has 0 atom stereocenters. The highest BCUT2D eigenvalue weighted by molar-refractivity contribution is 7.99. The number of carbonyl (C=O) groups excluding carboxylic acids is 3. The number of anilines is 1. The first-order valence-corrected chi connectivity index (χ1v) is 10.9. The molecule has 0 saturated carbocycles. The summed E-state index contributed by atoms with van der Waals surface area (Å²) in [7, 11) is 0. The van der Waals surface area contributed by atoms with Crippen LogP contribution >= 0.6 is 11.8 Å². The van der Waals surface area contributed by atoms with Gasteiger partial charge in [-0.2, -0.15) is 0 Å². The average Bonchev–Trinajstić information content (AvgIpc) is 3.13. The highest BCUT2D eigenvalue weighted by Crippen LogP contribution is 2.30. The number of hydrogen-bond acceptors (Lipinski definition) is 7. The zero-order chi connectivity index (χ0) is 22.0. The molecule has 1 N–H and O–H groups in total. The quantitative estimate of drug-likeness (QED) is 0.341. The largest absolute Gasteiger partial charge is 0.482 e. The first-order valence-electron chi connectivity index (χ1n) is 9.90. The van der Waals surface area contributed by atoms with E-state index >= 15 is 0 Å². The van der Waals surface area contributed by atoms with Crippen molar-refractivity contribution in [2.24, 2.45) is 0 Å². The molecule has 31 heavy (non-hydrogen) atoms. The molecule has 8 nitrogen and oxygen atoms in total. The second-order valence-corrected chi connectivity index (χ2v) is 7.76. The van der Waals surface area contributed by atoms with Crippen molar-refractivity contribution in [3.63, 3.8) is 0 Å². The summed E-state index contributed by atoms with van der Waals surface area (Å²) in [6.07, 6.45) is 0. The Morgan fingerprint density at radius 1 is 1.19 bits per heavy atom. The van der Waals surface area contributed by atoms with Crippen LogP contribution in [0.3, 0.4) is 0 Å². The van der Waals surface area contributed by atoms with Crippen LogP contribution in [0, 0.1) is 0 Å². The number of nitrogens with one attached hydrogen (secondary N) is 1. The number of rotatable bonds is 7. The standard InChI is InChI=1S/C22H21N3O5S/c1-3-25-17-7-5-14(21(28)29-4-2)10-15(17)24-22(25)31-12-18(26)13-6-8-19-16(9-13)23-20(27)11-30-19/h5-10H,3-4,11-12H2,1-2H3,(H,23,27). The molecule has 9 heteroatoms. The molecule has 160 valence electrons. The zero-order valence-corrected chi connectivity index (χ0v) is 18.0. The van der Waals surface area contributed by atoms with E-state index in [9.17, 15) is 14.4 Å². The van der Waals surface area contributed by atoms with Crippen molar-refractivity contribution in [2.45, 2.75) is 25.5 Å². The van der Waals surface area contributed by atoms with Gasteiger partial charge in [-0.15, -0.1) is 0 Å². The molecule has 0 unspecified atom stereocenters. The number of Topliss-reactive ketones (excluding diaryl/α,β-unsaturated/α-hetero) is 1. The molecule has 1 aliphatic rings. The van der Waals surface area contributed by atoms with Crippen molar-refractivity contribution in [1.82, 2.24) is 9.55 Å². The smallest absolute Gasteiger partial charge is 0.338 e. The van der Waals surface area contributed by atoms with E-state index in [1.165, 1.54) is 11.8 Å². The van der Waals surface area contributed by atoms with Crippen molar-refractivity contribution in [3.8, 4) is 5.75 Å². The number of ether oxygens (including phenoxy) is 2. The molecule has 2 heterocycles. The molecule has 1 aliphatic heterocycles. The molecule has 0 bridgehead atoms. The van der Waals surface area contributed by atoms with Gasteiger partial charge in [-0.05, 0) is 50.2 Å². The van der Waals surface area contributed by atoms with Crippen molar-refractivity contribution >= 4 is 46.1 Å². The topological polar surface area (TPSA) is 99.5 Å². The van der Waals surface area contributed by atoms with Gasteiger partial charge in [-0.1, -0.05) is 11.8 Å². The van der Waals surface area contributed by atoms with Crippen LogP contribution in [0.4, 0.5) is 5.69 Å². The van der Waals surface area contributed by atoms with E-state index in [0.29, 0.717) is 46.4 Å². The molecule has 0 radical (unpaired) electrons. The van der Waals surface area contributed by atoms with Crippen LogP contribution in [0.15, 0.2) is 41.6 Å². The zero-order valence-electron chi connectivity index (χ0n) is 17.1. The van der Waals surface area contributed by atoms with Gasteiger partial charge >= 0.3 is 5.97 Å². The number of aryl methyl sites for hydroxylation is 1. The molecule has 1 amide bonds. The molecule has 0 spiro atoms. The Kier molecular flexibility index (Phi) is 5.94. The number of imidazole rings is 1. The van der Waals surface area contributed by atoms with Gasteiger partial charge in [0, 0.05) is 12.1 Å². The highest BCUT2D eigenvalue weighted by Gasteiger charge is 2.19. The van der Waals surface area contributed by atoms with Crippen LogP contribution in [-0.2, 0) is 16.1 Å². The lowest BCUT2D eigenvalue weighted by Gasteiger charge is -2.18. The number of fused-ring (bicyclic) bond motifs is 2. The Bertz CT molecular complexity index is 1190. The van der Waals surface area contributed by atoms with Gasteiger partial charge in [0.2, 0.25) is 0 Å². The third kappa shape index (κ3) is 4.27. The predicted molar refractivity (Wildman–Crippen MR) is 117 cm³/mol. The predicted octanol–water partition coefficient (Wildman–Crippen LogP) is 3.54. The number of ketones is 1. The van der Waals surface area contributed by atoms with Gasteiger partial charge in [0.05, 0.1) is 34.6 Å². The highest BCUT2D eigenvalue weighted by atomic mass is 32.2. The van der Waals surface area contributed by atoms with Crippen LogP contribution in [0.5, 0.6) is 5.75 Å². The fourth-order valence-electron chi connectivity index (χ4n) is 3.33. The third-order valence-electron chi connectivity index (χ3n) is 4.81. The SMILES string of the molecule is CCOC(=O)c1ccc2c(c1)nc(SCC(=O)c1ccc3c(c1)NC(=O)CO3)n2CC. The van der Waals surface area contributed by atoms with Gasteiger partial charge in [0.1, 0.15) is 5.75 Å². The monoisotopic (exact) mass is 439 g/mol. The van der Waals surface area contributed by atoms with Crippen molar-refractivity contribution in [1.29, 1.82) is 0 Å². The van der Waals surface area contributed by atoms with Gasteiger partial charge in [-0.3, -0.25) is 9.59 Å². The normalized spacial score (nSPS) is 12.8. The van der Waals surface area contributed by atoms with E-state index in [4.69, 9.17) is 9.47 Å². The maximum Gasteiger partial charge on any atom is 0.338 e. The molecule has 4 rings (SSSR count). The Hall–Kier alpha value is -3.33. The van der Waals surface area contributed by atoms with Crippen LogP contribution in [-0.4, -0.2) is 46.2 Å². The van der Waals surface area contributed by atoms with Crippen LogP contribution < -0.4 is 10.1 Å². The van der Waals surface area contributed by atoms with Crippen molar-refractivity contribution in [3.05, 3.63) is 47.5 Å².